The monoisotopic (exact) mass is 309 g/mol. The van der Waals surface area contributed by atoms with E-state index in [9.17, 15) is 10.2 Å². The van der Waals surface area contributed by atoms with E-state index in [1.54, 1.807) is 26.8 Å². The molecule has 0 atom stereocenters. The minimum atomic E-state index is 0.201. The molecule has 0 spiro atoms. The predicted molar refractivity (Wildman–Crippen MR) is 90.7 cm³/mol. The van der Waals surface area contributed by atoms with Gasteiger partial charge in [0, 0.05) is 17.5 Å². The van der Waals surface area contributed by atoms with Crippen molar-refractivity contribution < 1.29 is 14.6 Å². The van der Waals surface area contributed by atoms with Crippen LogP contribution in [0.1, 0.15) is 28.1 Å². The van der Waals surface area contributed by atoms with Crippen molar-refractivity contribution in [1.82, 2.24) is 4.98 Å². The van der Waals surface area contributed by atoms with Crippen molar-refractivity contribution in [3.05, 3.63) is 58.5 Å². The summed E-state index contributed by atoms with van der Waals surface area (Å²) in [6, 6.07) is 7.62. The van der Waals surface area contributed by atoms with Gasteiger partial charge in [0.1, 0.15) is 17.0 Å². The van der Waals surface area contributed by atoms with E-state index in [-0.39, 0.29) is 11.5 Å². The Labute approximate surface area is 134 Å². The first kappa shape index (κ1) is 15.2. The lowest BCUT2D eigenvalue weighted by Gasteiger charge is -2.13. The second kappa shape index (κ2) is 5.80. The first-order valence-electron chi connectivity index (χ1n) is 7.51. The molecule has 0 saturated heterocycles. The fourth-order valence-electron chi connectivity index (χ4n) is 2.63. The van der Waals surface area contributed by atoms with Gasteiger partial charge in [0.15, 0.2) is 11.5 Å². The van der Waals surface area contributed by atoms with Crippen LogP contribution in [-0.4, -0.2) is 15.2 Å². The van der Waals surface area contributed by atoms with Crippen molar-refractivity contribution in [2.24, 2.45) is 0 Å². The Morgan fingerprint density at radius 2 is 1.70 bits per heavy atom. The van der Waals surface area contributed by atoms with E-state index >= 15 is 0 Å². The summed E-state index contributed by atoms with van der Waals surface area (Å²) >= 11 is 0. The summed E-state index contributed by atoms with van der Waals surface area (Å²) in [4.78, 5) is 4.41. The maximum Gasteiger partial charge on any atom is 0.199 e. The van der Waals surface area contributed by atoms with Gasteiger partial charge in [-0.05, 0) is 44.0 Å². The van der Waals surface area contributed by atoms with E-state index in [4.69, 9.17) is 4.42 Å². The topological polar surface area (TPSA) is 66.5 Å². The first-order valence-corrected chi connectivity index (χ1v) is 7.51. The van der Waals surface area contributed by atoms with Crippen molar-refractivity contribution >= 4 is 17.2 Å². The van der Waals surface area contributed by atoms with Crippen LogP contribution in [0.2, 0.25) is 0 Å². The SMILES string of the molecule is Cc1c(C)c(O)c(/C=C/Cc2nc3ccccc3o2)c(C)c1O. The van der Waals surface area contributed by atoms with Gasteiger partial charge in [-0.15, -0.1) is 0 Å². The molecule has 2 aromatic carbocycles. The Morgan fingerprint density at radius 3 is 2.43 bits per heavy atom. The highest BCUT2D eigenvalue weighted by Gasteiger charge is 2.14. The molecule has 4 heteroatoms. The minimum absolute atomic E-state index is 0.201. The number of phenols is 2. The fraction of sp³-hybridized carbons (Fsp3) is 0.211. The van der Waals surface area contributed by atoms with E-state index in [2.05, 4.69) is 4.98 Å². The summed E-state index contributed by atoms with van der Waals surface area (Å²) in [5, 5.41) is 20.4. The summed E-state index contributed by atoms with van der Waals surface area (Å²) in [5.41, 5.74) is 4.28. The van der Waals surface area contributed by atoms with Gasteiger partial charge in [0.2, 0.25) is 0 Å². The van der Waals surface area contributed by atoms with Crippen molar-refractivity contribution in [2.45, 2.75) is 27.2 Å². The van der Waals surface area contributed by atoms with Crippen LogP contribution in [0.4, 0.5) is 0 Å². The van der Waals surface area contributed by atoms with Crippen LogP contribution < -0.4 is 0 Å². The lowest BCUT2D eigenvalue weighted by atomic mass is 9.97. The molecule has 0 fully saturated rings. The van der Waals surface area contributed by atoms with Crippen LogP contribution in [0.25, 0.3) is 17.2 Å². The van der Waals surface area contributed by atoms with Gasteiger partial charge in [0.05, 0.1) is 0 Å². The molecule has 0 bridgehead atoms. The van der Waals surface area contributed by atoms with Crippen molar-refractivity contribution in [1.29, 1.82) is 0 Å². The number of hydrogen-bond acceptors (Lipinski definition) is 4. The summed E-state index contributed by atoms with van der Waals surface area (Å²) in [7, 11) is 0. The van der Waals surface area contributed by atoms with E-state index < -0.39 is 0 Å². The Hall–Kier alpha value is -2.75. The molecule has 0 aliphatic carbocycles. The largest absolute Gasteiger partial charge is 0.507 e. The quantitative estimate of drug-likeness (QED) is 0.703. The van der Waals surface area contributed by atoms with Gasteiger partial charge >= 0.3 is 0 Å². The maximum atomic E-state index is 10.3. The number of nitrogens with zero attached hydrogens (tertiary/aromatic N) is 1. The molecule has 0 saturated carbocycles. The smallest absolute Gasteiger partial charge is 0.199 e. The van der Waals surface area contributed by atoms with Crippen molar-refractivity contribution in [3.8, 4) is 11.5 Å². The van der Waals surface area contributed by atoms with E-state index in [1.165, 1.54) is 0 Å². The van der Waals surface area contributed by atoms with Gasteiger partial charge in [-0.1, -0.05) is 24.3 Å². The minimum Gasteiger partial charge on any atom is -0.507 e. The van der Waals surface area contributed by atoms with Gasteiger partial charge in [-0.3, -0.25) is 0 Å². The van der Waals surface area contributed by atoms with Gasteiger partial charge in [-0.2, -0.15) is 0 Å². The molecular formula is C19H19NO3. The zero-order valence-electron chi connectivity index (χ0n) is 13.4. The van der Waals surface area contributed by atoms with Gasteiger partial charge in [0.25, 0.3) is 0 Å². The molecule has 0 aliphatic heterocycles. The molecule has 2 N–H and O–H groups in total. The van der Waals surface area contributed by atoms with E-state index in [0.29, 0.717) is 34.6 Å². The third kappa shape index (κ3) is 2.68. The molecule has 3 rings (SSSR count). The third-order valence-electron chi connectivity index (χ3n) is 4.20. The van der Waals surface area contributed by atoms with Gasteiger partial charge < -0.3 is 14.6 Å². The average Bonchev–Trinajstić information content (AvgIpc) is 2.97. The number of aromatic nitrogens is 1. The summed E-state index contributed by atoms with van der Waals surface area (Å²) in [6.45, 7) is 5.38. The Kier molecular flexibility index (Phi) is 3.82. The Morgan fingerprint density at radius 1 is 1.00 bits per heavy atom. The number of para-hydroxylation sites is 2. The molecule has 4 nitrogen and oxygen atoms in total. The standard InChI is InChI=1S/C19H19NO3/c1-11-12(2)19(22)14(13(3)18(11)21)7-6-10-17-20-15-8-4-5-9-16(15)23-17/h4-9,21-22H,10H2,1-3H3/b7-6+. The predicted octanol–water partition coefficient (Wildman–Crippen LogP) is 4.42. The highest BCUT2D eigenvalue weighted by molar-refractivity contribution is 5.72. The number of hydrogen-bond donors (Lipinski definition) is 2. The van der Waals surface area contributed by atoms with Crippen LogP contribution in [0, 0.1) is 20.8 Å². The van der Waals surface area contributed by atoms with Crippen molar-refractivity contribution in [3.63, 3.8) is 0 Å². The van der Waals surface area contributed by atoms with Crippen LogP contribution in [0.3, 0.4) is 0 Å². The fourth-order valence-corrected chi connectivity index (χ4v) is 2.63. The molecule has 1 heterocycles. The summed E-state index contributed by atoms with van der Waals surface area (Å²) < 4.78 is 5.66. The van der Waals surface area contributed by atoms with Crippen LogP contribution >= 0.6 is 0 Å². The lowest BCUT2D eigenvalue weighted by molar-refractivity contribution is 0.448. The Bertz CT molecular complexity index is 844. The maximum absolute atomic E-state index is 10.3. The molecule has 118 valence electrons. The lowest BCUT2D eigenvalue weighted by Crippen LogP contribution is -1.92. The van der Waals surface area contributed by atoms with Crippen LogP contribution in [-0.2, 0) is 6.42 Å². The normalized spacial score (nSPS) is 11.6. The number of rotatable bonds is 3. The third-order valence-corrected chi connectivity index (χ3v) is 4.20. The molecular weight excluding hydrogens is 290 g/mol. The summed E-state index contributed by atoms with van der Waals surface area (Å²) in [6.07, 6.45) is 4.19. The molecule has 3 aromatic rings. The zero-order valence-corrected chi connectivity index (χ0v) is 13.4. The number of aromatic hydroxyl groups is 2. The number of allylic oxidation sites excluding steroid dienone is 1. The van der Waals surface area contributed by atoms with Crippen molar-refractivity contribution in [2.75, 3.05) is 0 Å². The average molecular weight is 309 g/mol. The molecule has 0 amide bonds. The summed E-state index contributed by atoms with van der Waals surface area (Å²) in [5.74, 6) is 1.04. The number of fused-ring (bicyclic) bond motifs is 1. The second-order valence-corrected chi connectivity index (χ2v) is 5.67. The van der Waals surface area contributed by atoms with Gasteiger partial charge in [-0.25, -0.2) is 4.98 Å². The molecule has 0 unspecified atom stereocenters. The second-order valence-electron chi connectivity index (χ2n) is 5.67. The number of oxazole rings is 1. The zero-order chi connectivity index (χ0) is 16.6. The molecule has 0 radical (unpaired) electrons. The highest BCUT2D eigenvalue weighted by Crippen LogP contribution is 2.36. The van der Waals surface area contributed by atoms with E-state index in [1.807, 2.05) is 30.3 Å². The number of phenolic OH excluding ortho intramolecular Hbond substituents is 2. The number of benzene rings is 2. The van der Waals surface area contributed by atoms with E-state index in [0.717, 1.165) is 11.1 Å². The molecule has 1 aromatic heterocycles. The Balaban J connectivity index is 1.88. The van der Waals surface area contributed by atoms with Crippen LogP contribution in [0.15, 0.2) is 34.8 Å². The molecule has 23 heavy (non-hydrogen) atoms. The highest BCUT2D eigenvalue weighted by atomic mass is 16.3. The van der Waals surface area contributed by atoms with Crippen LogP contribution in [0.5, 0.6) is 11.5 Å². The molecule has 0 aliphatic rings. The first-order chi connectivity index (χ1) is 11.0.